The SMILES string of the molecule is CC(CCCCCC(=O)NC(=O)c1ccccc1Cl)=C(F)F. The topological polar surface area (TPSA) is 46.2 Å². The molecule has 3 nitrogen and oxygen atoms in total. The predicted octanol–water partition coefficient (Wildman–Crippen LogP) is 4.72. The first-order valence-electron chi connectivity index (χ1n) is 7.01. The van der Waals surface area contributed by atoms with Crippen molar-refractivity contribution >= 4 is 23.4 Å². The minimum atomic E-state index is -1.64. The Hall–Kier alpha value is -1.75. The van der Waals surface area contributed by atoms with Crippen molar-refractivity contribution in [2.45, 2.75) is 39.0 Å². The van der Waals surface area contributed by atoms with E-state index in [0.717, 1.165) is 0 Å². The molecule has 1 rings (SSSR count). The van der Waals surface area contributed by atoms with Crippen LogP contribution < -0.4 is 5.32 Å². The van der Waals surface area contributed by atoms with Crippen LogP contribution in [0, 0.1) is 0 Å². The molecular weight excluding hydrogens is 312 g/mol. The Balaban J connectivity index is 2.28. The van der Waals surface area contributed by atoms with E-state index in [-0.39, 0.29) is 22.6 Å². The average molecular weight is 330 g/mol. The smallest absolute Gasteiger partial charge is 0.269 e. The predicted molar refractivity (Wildman–Crippen MR) is 81.9 cm³/mol. The number of rotatable bonds is 7. The van der Waals surface area contributed by atoms with E-state index >= 15 is 0 Å². The van der Waals surface area contributed by atoms with Crippen molar-refractivity contribution < 1.29 is 18.4 Å². The molecule has 0 bridgehead atoms. The van der Waals surface area contributed by atoms with Crippen LogP contribution in [0.25, 0.3) is 0 Å². The molecule has 0 radical (unpaired) electrons. The van der Waals surface area contributed by atoms with Gasteiger partial charge in [-0.1, -0.05) is 30.2 Å². The van der Waals surface area contributed by atoms with E-state index in [9.17, 15) is 18.4 Å². The molecule has 0 atom stereocenters. The van der Waals surface area contributed by atoms with Crippen molar-refractivity contribution in [1.29, 1.82) is 0 Å². The number of carbonyl (C=O) groups is 2. The normalized spacial score (nSPS) is 10.2. The van der Waals surface area contributed by atoms with E-state index in [1.54, 1.807) is 18.2 Å². The van der Waals surface area contributed by atoms with E-state index in [4.69, 9.17) is 11.6 Å². The Bertz CT molecular complexity index is 569. The molecule has 0 unspecified atom stereocenters. The summed E-state index contributed by atoms with van der Waals surface area (Å²) in [4.78, 5) is 23.5. The summed E-state index contributed by atoms with van der Waals surface area (Å²) in [7, 11) is 0. The highest BCUT2D eigenvalue weighted by Gasteiger charge is 2.12. The second kappa shape index (κ2) is 9.30. The van der Waals surface area contributed by atoms with Crippen molar-refractivity contribution in [1.82, 2.24) is 5.32 Å². The summed E-state index contributed by atoms with van der Waals surface area (Å²) in [5.41, 5.74) is 0.329. The summed E-state index contributed by atoms with van der Waals surface area (Å²) in [6, 6.07) is 6.45. The summed E-state index contributed by atoms with van der Waals surface area (Å²) in [6.45, 7) is 1.39. The number of nitrogens with one attached hydrogen (secondary N) is 1. The largest absolute Gasteiger partial charge is 0.292 e. The van der Waals surface area contributed by atoms with Gasteiger partial charge in [0.05, 0.1) is 10.6 Å². The van der Waals surface area contributed by atoms with Crippen LogP contribution in [0.5, 0.6) is 0 Å². The monoisotopic (exact) mass is 329 g/mol. The first kappa shape index (κ1) is 18.3. The third kappa shape index (κ3) is 6.35. The van der Waals surface area contributed by atoms with Gasteiger partial charge < -0.3 is 0 Å². The van der Waals surface area contributed by atoms with E-state index < -0.39 is 17.9 Å². The summed E-state index contributed by atoms with van der Waals surface area (Å²) < 4.78 is 24.3. The van der Waals surface area contributed by atoms with Crippen molar-refractivity contribution in [3.63, 3.8) is 0 Å². The lowest BCUT2D eigenvalue weighted by molar-refractivity contribution is -0.120. The van der Waals surface area contributed by atoms with E-state index in [0.29, 0.717) is 25.7 Å². The number of benzene rings is 1. The highest BCUT2D eigenvalue weighted by molar-refractivity contribution is 6.34. The molecule has 2 amide bonds. The summed E-state index contributed by atoms with van der Waals surface area (Å²) in [6.07, 6.45) is 0.651. The molecule has 0 aliphatic heterocycles. The van der Waals surface area contributed by atoms with Crippen molar-refractivity contribution in [3.8, 4) is 0 Å². The third-order valence-electron chi connectivity index (χ3n) is 3.15. The van der Waals surface area contributed by atoms with Gasteiger partial charge in [0.1, 0.15) is 0 Å². The minimum Gasteiger partial charge on any atom is -0.292 e. The quantitative estimate of drug-likeness (QED) is 0.736. The zero-order chi connectivity index (χ0) is 16.5. The lowest BCUT2D eigenvalue weighted by Gasteiger charge is -2.05. The molecule has 0 heterocycles. The number of hydrogen-bond donors (Lipinski definition) is 1. The fourth-order valence-electron chi connectivity index (χ4n) is 1.85. The maximum Gasteiger partial charge on any atom is 0.269 e. The molecule has 0 saturated carbocycles. The van der Waals surface area contributed by atoms with Crippen LogP contribution in [-0.2, 0) is 4.79 Å². The van der Waals surface area contributed by atoms with Gasteiger partial charge in [0.25, 0.3) is 12.0 Å². The highest BCUT2D eigenvalue weighted by Crippen LogP contribution is 2.16. The Kier molecular flexibility index (Phi) is 7.74. The molecule has 22 heavy (non-hydrogen) atoms. The van der Waals surface area contributed by atoms with Gasteiger partial charge in [-0.2, -0.15) is 8.78 Å². The fraction of sp³-hybridized carbons (Fsp3) is 0.375. The Morgan fingerprint density at radius 3 is 2.36 bits per heavy atom. The number of imide groups is 1. The van der Waals surface area contributed by atoms with Crippen molar-refractivity contribution in [2.75, 3.05) is 0 Å². The summed E-state index contributed by atoms with van der Waals surface area (Å²) >= 11 is 5.87. The molecule has 120 valence electrons. The fourth-order valence-corrected chi connectivity index (χ4v) is 2.07. The number of halogens is 3. The van der Waals surface area contributed by atoms with Crippen LogP contribution in [-0.4, -0.2) is 11.8 Å². The van der Waals surface area contributed by atoms with Crippen LogP contribution in [0.2, 0.25) is 5.02 Å². The van der Waals surface area contributed by atoms with Gasteiger partial charge in [0.2, 0.25) is 5.91 Å². The second-order valence-electron chi connectivity index (χ2n) is 4.96. The molecule has 1 N–H and O–H groups in total. The standard InChI is InChI=1S/C16H18ClF2NO2/c1-11(15(18)19)7-3-2-4-10-14(21)20-16(22)12-8-5-6-9-13(12)17/h5-6,8-9H,2-4,7,10H2,1H3,(H,20,21,22). The van der Waals surface area contributed by atoms with Gasteiger partial charge in [-0.05, 0) is 43.9 Å². The molecule has 1 aromatic rings. The van der Waals surface area contributed by atoms with E-state index in [1.807, 2.05) is 0 Å². The third-order valence-corrected chi connectivity index (χ3v) is 3.48. The number of carbonyl (C=O) groups excluding carboxylic acids is 2. The van der Waals surface area contributed by atoms with Gasteiger partial charge in [-0.25, -0.2) is 0 Å². The van der Waals surface area contributed by atoms with Gasteiger partial charge >= 0.3 is 0 Å². The molecule has 0 aliphatic rings. The minimum absolute atomic E-state index is 0.0818. The van der Waals surface area contributed by atoms with Crippen LogP contribution in [0.4, 0.5) is 8.78 Å². The van der Waals surface area contributed by atoms with Crippen molar-refractivity contribution in [3.05, 3.63) is 46.5 Å². The van der Waals surface area contributed by atoms with Crippen LogP contribution in [0.15, 0.2) is 35.9 Å². The van der Waals surface area contributed by atoms with E-state index in [2.05, 4.69) is 5.32 Å². The Morgan fingerprint density at radius 2 is 1.73 bits per heavy atom. The molecule has 0 aliphatic carbocycles. The maximum absolute atomic E-state index is 12.2. The number of hydrogen-bond acceptors (Lipinski definition) is 2. The van der Waals surface area contributed by atoms with Gasteiger partial charge in [-0.15, -0.1) is 0 Å². The van der Waals surface area contributed by atoms with Gasteiger partial charge in [0.15, 0.2) is 0 Å². The van der Waals surface area contributed by atoms with Crippen LogP contribution >= 0.6 is 11.6 Å². The molecule has 6 heteroatoms. The molecular formula is C16H18ClF2NO2. The molecule has 0 spiro atoms. The van der Waals surface area contributed by atoms with Crippen LogP contribution in [0.3, 0.4) is 0 Å². The molecule has 1 aromatic carbocycles. The summed E-state index contributed by atoms with van der Waals surface area (Å²) in [5, 5.41) is 2.54. The first-order valence-corrected chi connectivity index (χ1v) is 7.39. The number of unbranched alkanes of at least 4 members (excludes halogenated alkanes) is 2. The maximum atomic E-state index is 12.2. The Labute approximate surface area is 133 Å². The second-order valence-corrected chi connectivity index (χ2v) is 5.37. The van der Waals surface area contributed by atoms with Gasteiger partial charge in [-0.3, -0.25) is 14.9 Å². The lowest BCUT2D eigenvalue weighted by atomic mass is 10.1. The average Bonchev–Trinajstić information content (AvgIpc) is 2.46. The number of allylic oxidation sites excluding steroid dienone is 1. The van der Waals surface area contributed by atoms with E-state index in [1.165, 1.54) is 13.0 Å². The zero-order valence-corrected chi connectivity index (χ0v) is 13.1. The molecule has 0 fully saturated rings. The lowest BCUT2D eigenvalue weighted by Crippen LogP contribution is -2.30. The zero-order valence-electron chi connectivity index (χ0n) is 12.3. The van der Waals surface area contributed by atoms with Gasteiger partial charge in [0, 0.05) is 6.42 Å². The molecule has 0 saturated heterocycles. The first-order chi connectivity index (χ1) is 10.4. The number of amides is 2. The summed E-state index contributed by atoms with van der Waals surface area (Å²) in [5.74, 6) is -0.928. The van der Waals surface area contributed by atoms with Crippen molar-refractivity contribution in [2.24, 2.45) is 0 Å². The molecule has 0 aromatic heterocycles. The Morgan fingerprint density at radius 1 is 1.09 bits per heavy atom. The van der Waals surface area contributed by atoms with Crippen LogP contribution in [0.1, 0.15) is 49.4 Å². The highest BCUT2D eigenvalue weighted by atomic mass is 35.5.